The maximum Gasteiger partial charge on any atom is 0.244 e. The van der Waals surface area contributed by atoms with E-state index in [1.54, 1.807) is 25.5 Å². The maximum atomic E-state index is 12.9. The second-order valence-electron chi connectivity index (χ2n) is 6.76. The highest BCUT2D eigenvalue weighted by molar-refractivity contribution is 7.91. The molecule has 0 unspecified atom stereocenters. The second kappa shape index (κ2) is 6.79. The predicted octanol–water partition coefficient (Wildman–Crippen LogP) is 1.90. The van der Waals surface area contributed by atoms with Crippen LogP contribution in [0.25, 0.3) is 0 Å². The van der Waals surface area contributed by atoms with Crippen molar-refractivity contribution in [3.05, 3.63) is 47.3 Å². The lowest BCUT2D eigenvalue weighted by Gasteiger charge is -2.15. The molecule has 1 aliphatic heterocycles. The van der Waals surface area contributed by atoms with Gasteiger partial charge in [0.25, 0.3) is 0 Å². The maximum absolute atomic E-state index is 12.9. The minimum Gasteiger partial charge on any atom is -0.264 e. The zero-order chi connectivity index (χ0) is 19.1. The van der Waals surface area contributed by atoms with Crippen LogP contribution in [-0.2, 0) is 19.9 Å². The molecular weight excluding hydrogens is 374 g/mol. The van der Waals surface area contributed by atoms with Crippen molar-refractivity contribution < 1.29 is 16.8 Å². The molecule has 142 valence electrons. The molecule has 9 heteroatoms. The fourth-order valence-electron chi connectivity index (χ4n) is 3.46. The first-order valence-corrected chi connectivity index (χ1v) is 11.7. The topological polar surface area (TPSA) is 98.1 Å². The van der Waals surface area contributed by atoms with Crippen LogP contribution in [-0.4, -0.2) is 38.1 Å². The van der Waals surface area contributed by atoms with Crippen LogP contribution in [0.3, 0.4) is 0 Å². The van der Waals surface area contributed by atoms with E-state index in [0.29, 0.717) is 17.8 Å². The van der Waals surface area contributed by atoms with Crippen LogP contribution in [0.2, 0.25) is 0 Å². The van der Waals surface area contributed by atoms with E-state index in [2.05, 4.69) is 9.82 Å². The van der Waals surface area contributed by atoms with Crippen LogP contribution in [0.1, 0.15) is 42.4 Å². The molecule has 1 saturated heterocycles. The lowest BCUT2D eigenvalue weighted by atomic mass is 10.1. The van der Waals surface area contributed by atoms with Gasteiger partial charge in [0.2, 0.25) is 10.0 Å². The van der Waals surface area contributed by atoms with Gasteiger partial charge >= 0.3 is 0 Å². The summed E-state index contributed by atoms with van der Waals surface area (Å²) in [5.41, 5.74) is 1.71. The summed E-state index contributed by atoms with van der Waals surface area (Å²) < 4.78 is 53.6. The highest BCUT2D eigenvalue weighted by Crippen LogP contribution is 2.29. The number of nitrogens with one attached hydrogen (secondary N) is 1. The number of aromatic nitrogens is 2. The van der Waals surface area contributed by atoms with E-state index >= 15 is 0 Å². The van der Waals surface area contributed by atoms with Crippen molar-refractivity contribution >= 4 is 19.9 Å². The van der Waals surface area contributed by atoms with Gasteiger partial charge in [0.1, 0.15) is 4.90 Å². The lowest BCUT2D eigenvalue weighted by molar-refractivity contribution is 0.484. The van der Waals surface area contributed by atoms with E-state index < -0.39 is 25.9 Å². The van der Waals surface area contributed by atoms with Crippen molar-refractivity contribution in [2.24, 2.45) is 0 Å². The first kappa shape index (κ1) is 19.1. The van der Waals surface area contributed by atoms with Crippen LogP contribution in [0.15, 0.2) is 35.2 Å². The van der Waals surface area contributed by atoms with Gasteiger partial charge < -0.3 is 0 Å². The molecule has 1 aliphatic rings. The van der Waals surface area contributed by atoms with Gasteiger partial charge in [0, 0.05) is 6.04 Å². The molecule has 2 aromatic rings. The molecule has 0 bridgehead atoms. The number of sulfonamides is 1. The third-order valence-corrected chi connectivity index (χ3v) is 8.26. The Hall–Kier alpha value is -1.71. The predicted molar refractivity (Wildman–Crippen MR) is 99.2 cm³/mol. The van der Waals surface area contributed by atoms with Crippen LogP contribution in [0.4, 0.5) is 0 Å². The smallest absolute Gasteiger partial charge is 0.244 e. The molecule has 2 heterocycles. The van der Waals surface area contributed by atoms with E-state index in [-0.39, 0.29) is 22.4 Å². The number of aryl methyl sites for hydroxylation is 1. The van der Waals surface area contributed by atoms with Gasteiger partial charge in [-0.05, 0) is 32.8 Å². The second-order valence-corrected chi connectivity index (χ2v) is 10.6. The van der Waals surface area contributed by atoms with Gasteiger partial charge in [-0.2, -0.15) is 5.10 Å². The Morgan fingerprint density at radius 1 is 1.23 bits per heavy atom. The average Bonchev–Trinajstić information content (AvgIpc) is 3.06. The molecule has 0 radical (unpaired) electrons. The molecule has 26 heavy (non-hydrogen) atoms. The Balaban J connectivity index is 1.91. The number of sulfone groups is 1. The third kappa shape index (κ3) is 3.70. The summed E-state index contributed by atoms with van der Waals surface area (Å²) in [7, 11) is -6.87. The summed E-state index contributed by atoms with van der Waals surface area (Å²) in [6, 6.07) is 8.60. The van der Waals surface area contributed by atoms with Gasteiger partial charge in [-0.25, -0.2) is 21.6 Å². The molecule has 0 spiro atoms. The normalized spacial score (nSPS) is 21.0. The molecule has 7 nitrogen and oxygen atoms in total. The van der Waals surface area contributed by atoms with Crippen molar-refractivity contribution in [2.75, 3.05) is 11.5 Å². The zero-order valence-electron chi connectivity index (χ0n) is 15.0. The van der Waals surface area contributed by atoms with Crippen LogP contribution >= 0.6 is 0 Å². The molecule has 2 atom stereocenters. The zero-order valence-corrected chi connectivity index (χ0v) is 16.6. The van der Waals surface area contributed by atoms with Gasteiger partial charge in [0.05, 0.1) is 28.9 Å². The molecule has 0 aliphatic carbocycles. The molecule has 0 saturated carbocycles. The Bertz CT molecular complexity index is 1010. The van der Waals surface area contributed by atoms with Crippen molar-refractivity contribution in [1.29, 1.82) is 0 Å². The van der Waals surface area contributed by atoms with Gasteiger partial charge in [0.15, 0.2) is 9.84 Å². The summed E-state index contributed by atoms with van der Waals surface area (Å²) in [6.07, 6.45) is 0.456. The molecule has 1 aromatic heterocycles. The molecule has 1 N–H and O–H groups in total. The highest BCUT2D eigenvalue weighted by atomic mass is 32.2. The van der Waals surface area contributed by atoms with Crippen molar-refractivity contribution in [1.82, 2.24) is 14.5 Å². The monoisotopic (exact) mass is 397 g/mol. The van der Waals surface area contributed by atoms with E-state index in [4.69, 9.17) is 0 Å². The van der Waals surface area contributed by atoms with E-state index in [0.717, 1.165) is 5.56 Å². The SMILES string of the molecule is Cc1nn([C@H]2CCS(=O)(=O)C2)c(C)c1S(=O)(=O)N[C@@H](C)c1ccccc1. The third-order valence-electron chi connectivity index (χ3n) is 4.71. The Morgan fingerprint density at radius 3 is 2.46 bits per heavy atom. The summed E-state index contributed by atoms with van der Waals surface area (Å²) >= 11 is 0. The van der Waals surface area contributed by atoms with Gasteiger partial charge in [-0.15, -0.1) is 0 Å². The van der Waals surface area contributed by atoms with E-state index in [1.165, 1.54) is 0 Å². The largest absolute Gasteiger partial charge is 0.264 e. The number of hydrogen-bond acceptors (Lipinski definition) is 5. The van der Waals surface area contributed by atoms with E-state index in [1.807, 2.05) is 30.3 Å². The summed E-state index contributed by atoms with van der Waals surface area (Å²) in [6.45, 7) is 5.09. The molecule has 1 fully saturated rings. The fraction of sp³-hybridized carbons (Fsp3) is 0.471. The Kier molecular flexibility index (Phi) is 4.98. The van der Waals surface area contributed by atoms with Crippen LogP contribution < -0.4 is 4.72 Å². The summed E-state index contributed by atoms with van der Waals surface area (Å²) in [5, 5.41) is 4.34. The van der Waals surface area contributed by atoms with Crippen molar-refractivity contribution in [3.63, 3.8) is 0 Å². The molecular formula is C17H23N3O4S2. The van der Waals surface area contributed by atoms with Crippen LogP contribution in [0.5, 0.6) is 0 Å². The molecule has 0 amide bonds. The van der Waals surface area contributed by atoms with Crippen molar-refractivity contribution in [2.45, 2.75) is 44.2 Å². The number of hydrogen-bond donors (Lipinski definition) is 1. The molecule has 3 rings (SSSR count). The number of nitrogens with zero attached hydrogens (tertiary/aromatic N) is 2. The van der Waals surface area contributed by atoms with Gasteiger partial charge in [-0.1, -0.05) is 30.3 Å². The average molecular weight is 398 g/mol. The van der Waals surface area contributed by atoms with Crippen molar-refractivity contribution in [3.8, 4) is 0 Å². The van der Waals surface area contributed by atoms with Gasteiger partial charge in [-0.3, -0.25) is 4.68 Å². The fourth-order valence-corrected chi connectivity index (χ4v) is 6.79. The minimum absolute atomic E-state index is 0.00228. The number of rotatable bonds is 5. The lowest BCUT2D eigenvalue weighted by Crippen LogP contribution is -2.28. The first-order chi connectivity index (χ1) is 12.1. The Morgan fingerprint density at radius 2 is 1.88 bits per heavy atom. The first-order valence-electron chi connectivity index (χ1n) is 8.44. The number of benzene rings is 1. The highest BCUT2D eigenvalue weighted by Gasteiger charge is 2.34. The summed E-state index contributed by atoms with van der Waals surface area (Å²) in [5.74, 6) is 0.115. The quantitative estimate of drug-likeness (QED) is 0.831. The molecule has 1 aromatic carbocycles. The standard InChI is InChI=1S/C17H23N3O4S2/c1-12(15-7-5-4-6-8-15)19-26(23,24)17-13(2)18-20(14(17)3)16-9-10-25(21,22)11-16/h4-8,12,16,19H,9-11H2,1-3H3/t12-,16-/m0/s1. The minimum atomic E-state index is -3.79. The van der Waals surface area contributed by atoms with Crippen LogP contribution in [0, 0.1) is 13.8 Å². The van der Waals surface area contributed by atoms with E-state index in [9.17, 15) is 16.8 Å². The summed E-state index contributed by atoms with van der Waals surface area (Å²) in [4.78, 5) is 0.129. The Labute approximate surface area is 154 Å².